The van der Waals surface area contributed by atoms with Crippen LogP contribution in [0, 0.1) is 5.92 Å². The number of rotatable bonds is 6. The van der Waals surface area contributed by atoms with E-state index < -0.39 is 6.04 Å². The van der Waals surface area contributed by atoms with Gasteiger partial charge in [-0.3, -0.25) is 9.59 Å². The number of Topliss-reactive ketones (excluding diaryl/α,β-unsaturated/α-hetero) is 1. The van der Waals surface area contributed by atoms with E-state index in [4.69, 9.17) is 0 Å². The normalized spacial score (nSPS) is 14.8. The van der Waals surface area contributed by atoms with Gasteiger partial charge in [0.15, 0.2) is 5.78 Å². The Balaban J connectivity index is -0.000000980. The van der Waals surface area contributed by atoms with Crippen LogP contribution in [0.1, 0.15) is 37.5 Å². The van der Waals surface area contributed by atoms with Gasteiger partial charge in [0.2, 0.25) is 5.91 Å². The molecule has 2 unspecified atom stereocenters. The van der Waals surface area contributed by atoms with Crippen molar-refractivity contribution in [3.8, 4) is 0 Å². The summed E-state index contributed by atoms with van der Waals surface area (Å²) in [5.41, 5.74) is 0. The second-order valence-electron chi connectivity index (χ2n) is 4.12. The minimum atomic E-state index is -0.405. The molecule has 15 heavy (non-hydrogen) atoms. The molecule has 0 radical (unpaired) electrons. The summed E-state index contributed by atoms with van der Waals surface area (Å²) in [6.45, 7) is 9.82. The van der Waals surface area contributed by atoms with Gasteiger partial charge in [-0.2, -0.15) is 0 Å². The molecule has 0 aromatic heterocycles. The van der Waals surface area contributed by atoms with Gasteiger partial charge in [-0.1, -0.05) is 20.8 Å². The number of carbonyl (C=O) groups is 2. The van der Waals surface area contributed by atoms with E-state index in [1.165, 1.54) is 6.92 Å². The van der Waals surface area contributed by atoms with Gasteiger partial charge in [-0.15, -0.1) is 0 Å². The van der Waals surface area contributed by atoms with Gasteiger partial charge in [-0.25, -0.2) is 0 Å². The molecule has 0 aromatic rings. The third-order valence-electron chi connectivity index (χ3n) is 2.34. The molecule has 4 heteroatoms. The first-order chi connectivity index (χ1) is 6.90. The Kier molecular flexibility index (Phi) is 6.17. The van der Waals surface area contributed by atoms with Gasteiger partial charge in [0, 0.05) is 2.85 Å². The number of carbonyl (C=O) groups excluding carboxylic acids is 2. The number of nitrogens with one attached hydrogen (secondary N) is 2. The third kappa shape index (κ3) is 4.93. The summed E-state index contributed by atoms with van der Waals surface area (Å²) in [5.74, 6) is 0.0843. The van der Waals surface area contributed by atoms with Gasteiger partial charge in [-0.05, 0) is 26.3 Å². The molecule has 2 N–H and O–H groups in total. The molecule has 0 saturated heterocycles. The van der Waals surface area contributed by atoms with E-state index >= 15 is 0 Å². The van der Waals surface area contributed by atoms with Gasteiger partial charge in [0.05, 0.1) is 12.1 Å². The van der Waals surface area contributed by atoms with Crippen LogP contribution in [0.15, 0.2) is 0 Å². The van der Waals surface area contributed by atoms with Gasteiger partial charge in [0.1, 0.15) is 0 Å². The molecule has 0 fully saturated rings. The largest absolute Gasteiger partial charge is 0.345 e. The van der Waals surface area contributed by atoms with Crippen molar-refractivity contribution < 1.29 is 12.4 Å². The lowest BCUT2D eigenvalue weighted by Crippen LogP contribution is -2.51. The number of hydrogen-bond donors (Lipinski definition) is 2. The Morgan fingerprint density at radius 2 is 1.80 bits per heavy atom. The molecular weight excluding hydrogens is 192 g/mol. The minimum absolute atomic E-state index is 0. The molecular formula is C11H26N2O2. The molecule has 2 atom stereocenters. The van der Waals surface area contributed by atoms with Crippen LogP contribution in [-0.4, -0.2) is 30.3 Å². The van der Waals surface area contributed by atoms with E-state index in [1.807, 2.05) is 20.8 Å². The van der Waals surface area contributed by atoms with E-state index in [0.717, 1.165) is 6.54 Å². The number of hydrogen-bond acceptors (Lipinski definition) is 3. The highest BCUT2D eigenvalue weighted by molar-refractivity contribution is 5.89. The smallest absolute Gasteiger partial charge is 0.237 e. The maximum Gasteiger partial charge on any atom is 0.237 e. The van der Waals surface area contributed by atoms with Crippen molar-refractivity contribution in [1.29, 1.82) is 0 Å². The first-order valence-electron chi connectivity index (χ1n) is 5.44. The van der Waals surface area contributed by atoms with Crippen LogP contribution < -0.4 is 10.6 Å². The van der Waals surface area contributed by atoms with Crippen LogP contribution in [0.4, 0.5) is 0 Å². The average Bonchev–Trinajstić information content (AvgIpc) is 2.12. The first-order valence-corrected chi connectivity index (χ1v) is 5.44. The Hall–Kier alpha value is -0.900. The molecule has 0 bridgehead atoms. The Morgan fingerprint density at radius 1 is 1.27 bits per heavy atom. The molecule has 0 aliphatic carbocycles. The lowest BCUT2D eigenvalue weighted by Gasteiger charge is -2.22. The fourth-order valence-electron chi connectivity index (χ4n) is 1.26. The molecule has 0 heterocycles. The molecule has 0 saturated carbocycles. The quantitative estimate of drug-likeness (QED) is 0.704. The van der Waals surface area contributed by atoms with Crippen LogP contribution in [-0.2, 0) is 9.59 Å². The number of amides is 1. The highest BCUT2D eigenvalue weighted by Gasteiger charge is 2.22. The molecule has 0 aromatic carbocycles. The van der Waals surface area contributed by atoms with Crippen LogP contribution in [0.5, 0.6) is 0 Å². The predicted octanol–water partition coefficient (Wildman–Crippen LogP) is 1.21. The first kappa shape index (κ1) is 14.1. The Labute approximate surface area is 94.8 Å². The van der Waals surface area contributed by atoms with Crippen molar-refractivity contribution in [2.45, 2.75) is 46.7 Å². The fraction of sp³-hybridized carbons (Fsp3) is 0.818. The maximum absolute atomic E-state index is 11.8. The number of likely N-dealkylation sites (N-methyl/N-ethyl adjacent to an activating group) is 1. The summed E-state index contributed by atoms with van der Waals surface area (Å²) in [5, 5.41) is 5.80. The van der Waals surface area contributed by atoms with E-state index in [0.29, 0.717) is 0 Å². The summed E-state index contributed by atoms with van der Waals surface area (Å²) < 4.78 is 0. The molecule has 1 amide bonds. The Bertz CT molecular complexity index is 236. The lowest BCUT2D eigenvalue weighted by atomic mass is 10.0. The molecule has 0 spiro atoms. The van der Waals surface area contributed by atoms with Crippen LogP contribution in [0.25, 0.3) is 0 Å². The second-order valence-corrected chi connectivity index (χ2v) is 4.12. The highest BCUT2D eigenvalue weighted by Crippen LogP contribution is 2.02. The average molecular weight is 218 g/mol. The van der Waals surface area contributed by atoms with Crippen LogP contribution in [0.2, 0.25) is 0 Å². The second kappa shape index (κ2) is 6.56. The summed E-state index contributed by atoms with van der Waals surface area (Å²) >= 11 is 0. The van der Waals surface area contributed by atoms with Crippen molar-refractivity contribution in [2.24, 2.45) is 5.92 Å². The van der Waals surface area contributed by atoms with Crippen molar-refractivity contribution in [3.05, 3.63) is 0 Å². The highest BCUT2D eigenvalue weighted by atomic mass is 16.2. The fourth-order valence-corrected chi connectivity index (χ4v) is 1.26. The summed E-state index contributed by atoms with van der Waals surface area (Å²) in [6, 6.07) is -0.630. The molecule has 0 aliphatic heterocycles. The predicted molar refractivity (Wildman–Crippen MR) is 64.8 cm³/mol. The summed E-state index contributed by atoms with van der Waals surface area (Å²) in [4.78, 5) is 22.8. The monoisotopic (exact) mass is 218 g/mol. The molecule has 0 rings (SSSR count). The van der Waals surface area contributed by atoms with E-state index in [2.05, 4.69) is 10.6 Å². The minimum Gasteiger partial charge on any atom is -0.345 e. The summed E-state index contributed by atoms with van der Waals surface area (Å²) in [7, 11) is 0. The van der Waals surface area contributed by atoms with Gasteiger partial charge in [0.25, 0.3) is 0 Å². The third-order valence-corrected chi connectivity index (χ3v) is 2.34. The SMILES string of the molecule is CCNC(C(=O)NC(C)C(C)=O)C(C)C.[HH].[HH]. The molecule has 0 aliphatic rings. The van der Waals surface area contributed by atoms with Crippen LogP contribution in [0.3, 0.4) is 0 Å². The van der Waals surface area contributed by atoms with Crippen molar-refractivity contribution in [2.75, 3.05) is 6.54 Å². The summed E-state index contributed by atoms with van der Waals surface area (Å²) in [6.07, 6.45) is 0. The zero-order chi connectivity index (χ0) is 12.0. The number of ketones is 1. The van der Waals surface area contributed by atoms with Gasteiger partial charge < -0.3 is 10.6 Å². The maximum atomic E-state index is 11.8. The lowest BCUT2D eigenvalue weighted by molar-refractivity contribution is -0.128. The van der Waals surface area contributed by atoms with Crippen molar-refractivity contribution in [1.82, 2.24) is 10.6 Å². The molecule has 92 valence electrons. The Morgan fingerprint density at radius 3 is 2.13 bits per heavy atom. The zero-order valence-electron chi connectivity index (χ0n) is 10.3. The topological polar surface area (TPSA) is 58.2 Å². The van der Waals surface area contributed by atoms with Crippen molar-refractivity contribution >= 4 is 11.7 Å². The van der Waals surface area contributed by atoms with Crippen LogP contribution >= 0.6 is 0 Å². The van der Waals surface area contributed by atoms with E-state index in [1.54, 1.807) is 6.92 Å². The standard InChI is InChI=1S/C11H22N2O2.2H2/c1-6-12-10(7(2)3)11(15)13-8(4)9(5)14;;/h7-8,10,12H,6H2,1-5H3,(H,13,15);2*1H. The van der Waals surface area contributed by atoms with Gasteiger partial charge >= 0.3 is 0 Å². The zero-order valence-corrected chi connectivity index (χ0v) is 10.3. The molecule has 4 nitrogen and oxygen atoms in total. The van der Waals surface area contributed by atoms with E-state index in [-0.39, 0.29) is 26.5 Å². The van der Waals surface area contributed by atoms with Crippen molar-refractivity contribution in [3.63, 3.8) is 0 Å². The van der Waals surface area contributed by atoms with E-state index in [9.17, 15) is 9.59 Å².